The molecule has 1 saturated heterocycles. The second-order valence-electron chi connectivity index (χ2n) is 4.75. The molecule has 3 heterocycles. The molecule has 0 bridgehead atoms. The number of hydrogen-bond acceptors (Lipinski definition) is 7. The molecule has 1 aliphatic heterocycles. The molecule has 0 amide bonds. The minimum Gasteiger partial charge on any atom is -0.333 e. The summed E-state index contributed by atoms with van der Waals surface area (Å²) < 4.78 is 9.32. The van der Waals surface area contributed by atoms with Gasteiger partial charge in [0, 0.05) is 0 Å². The average Bonchev–Trinajstić information content (AvgIpc) is 3.10. The maximum Gasteiger partial charge on any atom is 0.271 e. The zero-order valence-corrected chi connectivity index (χ0v) is 11.2. The van der Waals surface area contributed by atoms with Gasteiger partial charge in [-0.1, -0.05) is 23.5 Å². The van der Waals surface area contributed by atoms with Crippen LogP contribution in [0.5, 0.6) is 0 Å². The van der Waals surface area contributed by atoms with Gasteiger partial charge in [0.05, 0.1) is 11.7 Å². The number of hydrogen-bond donors (Lipinski definition) is 1. The van der Waals surface area contributed by atoms with Crippen molar-refractivity contribution in [1.82, 2.24) is 25.0 Å². The molecule has 0 radical (unpaired) electrons. The summed E-state index contributed by atoms with van der Waals surface area (Å²) in [4.78, 5) is 5.36. The van der Waals surface area contributed by atoms with Crippen molar-refractivity contribution in [3.05, 3.63) is 11.5 Å². The van der Waals surface area contributed by atoms with Crippen molar-refractivity contribution < 1.29 is 4.52 Å². The fourth-order valence-corrected chi connectivity index (χ4v) is 2.84. The van der Waals surface area contributed by atoms with Crippen molar-refractivity contribution in [2.45, 2.75) is 38.6 Å². The smallest absolute Gasteiger partial charge is 0.271 e. The second kappa shape index (κ2) is 4.74. The van der Waals surface area contributed by atoms with Gasteiger partial charge in [-0.15, -0.1) is 5.10 Å². The molecule has 1 atom stereocenters. The monoisotopic (exact) mass is 265 g/mol. The Morgan fingerprint density at radius 3 is 3.06 bits per heavy atom. The van der Waals surface area contributed by atoms with Crippen LogP contribution in [0.3, 0.4) is 0 Å². The first-order valence-corrected chi connectivity index (χ1v) is 6.92. The van der Waals surface area contributed by atoms with Crippen molar-refractivity contribution >= 4 is 11.5 Å². The van der Waals surface area contributed by atoms with Gasteiger partial charge in [-0.3, -0.25) is 0 Å². The molecule has 96 valence electrons. The molecule has 18 heavy (non-hydrogen) atoms. The summed E-state index contributed by atoms with van der Waals surface area (Å²) in [5.74, 6) is 1.58. The Morgan fingerprint density at radius 2 is 2.33 bits per heavy atom. The standard InChI is InChI=1S/C11H15N5OS/c1-6(2)8-9(18-16-14-8)11-13-10(15-17-11)7-4-3-5-12-7/h6-7,12H,3-5H2,1-2H3. The van der Waals surface area contributed by atoms with Crippen LogP contribution in [0, 0.1) is 0 Å². The maximum absolute atomic E-state index is 5.34. The van der Waals surface area contributed by atoms with Crippen LogP contribution in [0.15, 0.2) is 4.52 Å². The molecular weight excluding hydrogens is 250 g/mol. The lowest BCUT2D eigenvalue weighted by atomic mass is 10.1. The molecule has 2 aromatic rings. The van der Waals surface area contributed by atoms with E-state index in [1.807, 2.05) is 0 Å². The van der Waals surface area contributed by atoms with Crippen LogP contribution in [0.25, 0.3) is 10.8 Å². The predicted molar refractivity (Wildman–Crippen MR) is 67.3 cm³/mol. The molecular formula is C11H15N5OS. The molecule has 7 heteroatoms. The first kappa shape index (κ1) is 11.7. The van der Waals surface area contributed by atoms with Crippen LogP contribution in [0.1, 0.15) is 50.2 Å². The fraction of sp³-hybridized carbons (Fsp3) is 0.636. The molecule has 6 nitrogen and oxygen atoms in total. The minimum absolute atomic E-state index is 0.228. The zero-order valence-electron chi connectivity index (χ0n) is 10.4. The molecule has 0 saturated carbocycles. The molecule has 3 rings (SSSR count). The third-order valence-corrected chi connectivity index (χ3v) is 3.80. The summed E-state index contributed by atoms with van der Waals surface area (Å²) in [7, 11) is 0. The van der Waals surface area contributed by atoms with E-state index in [4.69, 9.17) is 4.52 Å². The maximum atomic E-state index is 5.34. The van der Waals surface area contributed by atoms with Gasteiger partial charge in [0.2, 0.25) is 0 Å². The van der Waals surface area contributed by atoms with Gasteiger partial charge in [0.15, 0.2) is 5.82 Å². The Hall–Kier alpha value is -1.34. The topological polar surface area (TPSA) is 76.7 Å². The van der Waals surface area contributed by atoms with E-state index in [-0.39, 0.29) is 6.04 Å². The SMILES string of the molecule is CC(C)c1nnsc1-c1nc(C2CCCN2)no1. The number of nitrogens with zero attached hydrogens (tertiary/aromatic N) is 4. The fourth-order valence-electron chi connectivity index (χ4n) is 2.10. The summed E-state index contributed by atoms with van der Waals surface area (Å²) in [6.45, 7) is 5.18. The Balaban J connectivity index is 1.90. The Bertz CT molecular complexity index is 529. The molecule has 0 aromatic carbocycles. The third-order valence-electron chi connectivity index (χ3n) is 3.07. The van der Waals surface area contributed by atoms with Crippen molar-refractivity contribution in [2.24, 2.45) is 0 Å². The summed E-state index contributed by atoms with van der Waals surface area (Å²) in [5, 5.41) is 11.5. The molecule has 1 aliphatic rings. The first-order chi connectivity index (χ1) is 8.75. The zero-order chi connectivity index (χ0) is 12.5. The first-order valence-electron chi connectivity index (χ1n) is 6.15. The lowest BCUT2D eigenvalue weighted by Crippen LogP contribution is -2.14. The average molecular weight is 265 g/mol. The van der Waals surface area contributed by atoms with Gasteiger partial charge in [0.1, 0.15) is 4.88 Å². The van der Waals surface area contributed by atoms with Crippen molar-refractivity contribution in [3.63, 3.8) is 0 Å². The normalized spacial score (nSPS) is 19.8. The van der Waals surface area contributed by atoms with Gasteiger partial charge < -0.3 is 9.84 Å². The Morgan fingerprint density at radius 1 is 1.44 bits per heavy atom. The molecule has 2 aromatic heterocycles. The summed E-state index contributed by atoms with van der Waals surface area (Å²) in [5.41, 5.74) is 0.926. The number of aromatic nitrogens is 4. The van der Waals surface area contributed by atoms with Crippen LogP contribution in [0.4, 0.5) is 0 Å². The highest BCUT2D eigenvalue weighted by atomic mass is 32.1. The lowest BCUT2D eigenvalue weighted by Gasteiger charge is -2.01. The van der Waals surface area contributed by atoms with Crippen LogP contribution >= 0.6 is 11.5 Å². The summed E-state index contributed by atoms with van der Waals surface area (Å²) in [6, 6.07) is 0.228. The number of rotatable bonds is 3. The van der Waals surface area contributed by atoms with E-state index in [0.717, 1.165) is 35.8 Å². The minimum atomic E-state index is 0.228. The predicted octanol–water partition coefficient (Wildman–Crippen LogP) is 2.14. The van der Waals surface area contributed by atoms with Crippen LogP contribution in [-0.4, -0.2) is 26.3 Å². The van der Waals surface area contributed by atoms with Crippen LogP contribution < -0.4 is 5.32 Å². The van der Waals surface area contributed by atoms with E-state index in [1.165, 1.54) is 11.5 Å². The Labute approximate surface area is 109 Å². The molecule has 1 unspecified atom stereocenters. The van der Waals surface area contributed by atoms with E-state index < -0.39 is 0 Å². The quantitative estimate of drug-likeness (QED) is 0.916. The largest absolute Gasteiger partial charge is 0.333 e. The summed E-state index contributed by atoms with van der Waals surface area (Å²) >= 11 is 1.31. The molecule has 0 aliphatic carbocycles. The van der Waals surface area contributed by atoms with Crippen LogP contribution in [-0.2, 0) is 0 Å². The van der Waals surface area contributed by atoms with Crippen molar-refractivity contribution in [3.8, 4) is 10.8 Å². The van der Waals surface area contributed by atoms with E-state index >= 15 is 0 Å². The van der Waals surface area contributed by atoms with Crippen molar-refractivity contribution in [1.29, 1.82) is 0 Å². The van der Waals surface area contributed by atoms with Gasteiger partial charge >= 0.3 is 0 Å². The van der Waals surface area contributed by atoms with E-state index in [1.54, 1.807) is 0 Å². The highest BCUT2D eigenvalue weighted by Crippen LogP contribution is 2.30. The van der Waals surface area contributed by atoms with Gasteiger partial charge in [-0.25, -0.2) is 0 Å². The van der Waals surface area contributed by atoms with Gasteiger partial charge in [-0.05, 0) is 36.8 Å². The third kappa shape index (κ3) is 2.04. The summed E-state index contributed by atoms with van der Waals surface area (Å²) in [6.07, 6.45) is 2.23. The molecule has 1 fully saturated rings. The van der Waals surface area contributed by atoms with Gasteiger partial charge in [-0.2, -0.15) is 4.98 Å². The van der Waals surface area contributed by atoms with Crippen LogP contribution in [0.2, 0.25) is 0 Å². The van der Waals surface area contributed by atoms with Gasteiger partial charge in [0.25, 0.3) is 5.89 Å². The van der Waals surface area contributed by atoms with E-state index in [0.29, 0.717) is 11.8 Å². The molecule has 1 N–H and O–H groups in total. The molecule has 0 spiro atoms. The van der Waals surface area contributed by atoms with Crippen molar-refractivity contribution in [2.75, 3.05) is 6.54 Å². The number of nitrogens with one attached hydrogen (secondary N) is 1. The Kier molecular flexibility index (Phi) is 3.09. The highest BCUT2D eigenvalue weighted by molar-refractivity contribution is 7.09. The van der Waals surface area contributed by atoms with E-state index in [2.05, 4.69) is 38.9 Å². The highest BCUT2D eigenvalue weighted by Gasteiger charge is 2.24. The lowest BCUT2D eigenvalue weighted by molar-refractivity contribution is 0.412. The second-order valence-corrected chi connectivity index (χ2v) is 5.50. The van der Waals surface area contributed by atoms with E-state index in [9.17, 15) is 0 Å².